The summed E-state index contributed by atoms with van der Waals surface area (Å²) in [6.07, 6.45) is 1.44. The van der Waals surface area contributed by atoms with E-state index in [1.807, 2.05) is 39.0 Å². The van der Waals surface area contributed by atoms with E-state index in [0.29, 0.717) is 16.6 Å². The first-order chi connectivity index (χ1) is 10.7. The number of nitrogens with one attached hydrogen (secondary N) is 2. The highest BCUT2D eigenvalue weighted by Crippen LogP contribution is 2.36. The summed E-state index contributed by atoms with van der Waals surface area (Å²) in [4.78, 5) is 12.0. The fourth-order valence-corrected chi connectivity index (χ4v) is 3.15. The third kappa shape index (κ3) is 5.00. The van der Waals surface area contributed by atoms with Crippen LogP contribution in [0.15, 0.2) is 18.2 Å². The Kier molecular flexibility index (Phi) is 5.82. The minimum atomic E-state index is -0.505. The van der Waals surface area contributed by atoms with Crippen LogP contribution in [0.5, 0.6) is 0 Å². The number of piperidine rings is 1. The van der Waals surface area contributed by atoms with Crippen LogP contribution >= 0.6 is 23.2 Å². The zero-order valence-corrected chi connectivity index (χ0v) is 15.4. The fraction of sp³-hybridized carbons (Fsp3) is 0.588. The lowest BCUT2D eigenvalue weighted by Crippen LogP contribution is -2.48. The summed E-state index contributed by atoms with van der Waals surface area (Å²) in [5.74, 6) is 0. The maximum Gasteiger partial charge on any atom is 0.407 e. The molecule has 1 saturated heterocycles. The highest BCUT2D eigenvalue weighted by molar-refractivity contribution is 6.42. The van der Waals surface area contributed by atoms with E-state index in [2.05, 4.69) is 10.6 Å². The van der Waals surface area contributed by atoms with Crippen LogP contribution in [-0.2, 0) is 10.2 Å². The van der Waals surface area contributed by atoms with Crippen molar-refractivity contribution in [2.24, 2.45) is 0 Å². The van der Waals surface area contributed by atoms with Gasteiger partial charge in [0.15, 0.2) is 0 Å². The Labute approximate surface area is 147 Å². The molecule has 1 fully saturated rings. The lowest BCUT2D eigenvalue weighted by Gasteiger charge is -2.38. The van der Waals surface area contributed by atoms with Crippen LogP contribution in [0, 0.1) is 0 Å². The molecule has 128 valence electrons. The minimum absolute atomic E-state index is 0.156. The Morgan fingerprint density at radius 2 is 1.91 bits per heavy atom. The molecule has 1 aliphatic heterocycles. The maximum atomic E-state index is 12.0. The number of rotatable bonds is 3. The number of ether oxygens (including phenoxy) is 1. The molecule has 1 aliphatic rings. The Morgan fingerprint density at radius 1 is 1.26 bits per heavy atom. The molecule has 0 bridgehead atoms. The van der Waals surface area contributed by atoms with Gasteiger partial charge >= 0.3 is 6.09 Å². The molecular formula is C17H24Cl2N2O2. The quantitative estimate of drug-likeness (QED) is 0.853. The summed E-state index contributed by atoms with van der Waals surface area (Å²) >= 11 is 12.2. The van der Waals surface area contributed by atoms with Gasteiger partial charge in [0.1, 0.15) is 5.60 Å². The standard InChI is InChI=1S/C17H24Cl2N2O2/c1-16(2,3)23-15(22)21-11-17(6-8-20-9-7-17)12-4-5-13(18)14(19)10-12/h4-5,10,20H,6-9,11H2,1-3H3,(H,21,22). The van der Waals surface area contributed by atoms with Crippen molar-refractivity contribution in [1.82, 2.24) is 10.6 Å². The summed E-state index contributed by atoms with van der Waals surface area (Å²) in [6, 6.07) is 5.72. The highest BCUT2D eigenvalue weighted by atomic mass is 35.5. The normalized spacial score (nSPS) is 17.6. The van der Waals surface area contributed by atoms with E-state index in [4.69, 9.17) is 27.9 Å². The average molecular weight is 359 g/mol. The number of amides is 1. The zero-order valence-electron chi connectivity index (χ0n) is 13.8. The molecular weight excluding hydrogens is 335 g/mol. The van der Waals surface area contributed by atoms with Crippen LogP contribution in [0.2, 0.25) is 10.0 Å². The van der Waals surface area contributed by atoms with Crippen LogP contribution in [0.1, 0.15) is 39.2 Å². The van der Waals surface area contributed by atoms with E-state index in [-0.39, 0.29) is 5.41 Å². The van der Waals surface area contributed by atoms with Crippen molar-refractivity contribution in [2.45, 2.75) is 44.6 Å². The molecule has 23 heavy (non-hydrogen) atoms. The molecule has 0 atom stereocenters. The molecule has 6 heteroatoms. The summed E-state index contributed by atoms with van der Waals surface area (Å²) in [5.41, 5.74) is 0.440. The van der Waals surface area contributed by atoms with Gasteiger partial charge in [-0.3, -0.25) is 0 Å². The first-order valence-corrected chi connectivity index (χ1v) is 8.61. The van der Waals surface area contributed by atoms with Crippen molar-refractivity contribution in [3.05, 3.63) is 33.8 Å². The number of carbonyl (C=O) groups excluding carboxylic acids is 1. The van der Waals surface area contributed by atoms with Crippen LogP contribution in [-0.4, -0.2) is 31.3 Å². The lowest BCUT2D eigenvalue weighted by atomic mass is 9.73. The third-order valence-electron chi connectivity index (χ3n) is 4.06. The topological polar surface area (TPSA) is 50.4 Å². The highest BCUT2D eigenvalue weighted by Gasteiger charge is 2.35. The van der Waals surface area contributed by atoms with E-state index in [9.17, 15) is 4.79 Å². The summed E-state index contributed by atoms with van der Waals surface area (Å²) in [7, 11) is 0. The fourth-order valence-electron chi connectivity index (χ4n) is 2.85. The second-order valence-electron chi connectivity index (χ2n) is 7.01. The van der Waals surface area contributed by atoms with Gasteiger partial charge in [-0.2, -0.15) is 0 Å². The number of benzene rings is 1. The second-order valence-corrected chi connectivity index (χ2v) is 7.83. The molecule has 1 aromatic rings. The van der Waals surface area contributed by atoms with Gasteiger partial charge in [0.2, 0.25) is 0 Å². The molecule has 0 radical (unpaired) electrons. The molecule has 0 spiro atoms. The van der Waals surface area contributed by atoms with Gasteiger partial charge in [-0.25, -0.2) is 4.79 Å². The number of hydrogen-bond donors (Lipinski definition) is 2. The molecule has 1 aromatic carbocycles. The Balaban J connectivity index is 2.16. The predicted octanol–water partition coefficient (Wildman–Crippen LogP) is 4.14. The van der Waals surface area contributed by atoms with E-state index in [0.717, 1.165) is 31.5 Å². The summed E-state index contributed by atoms with van der Waals surface area (Å²) < 4.78 is 5.34. The maximum absolute atomic E-state index is 12.0. The van der Waals surface area contributed by atoms with Gasteiger partial charge in [-0.05, 0) is 64.4 Å². The largest absolute Gasteiger partial charge is 0.444 e. The zero-order chi connectivity index (χ0) is 17.1. The first-order valence-electron chi connectivity index (χ1n) is 7.85. The molecule has 2 N–H and O–H groups in total. The van der Waals surface area contributed by atoms with Gasteiger partial charge in [0.25, 0.3) is 0 Å². The van der Waals surface area contributed by atoms with Gasteiger partial charge in [0.05, 0.1) is 10.0 Å². The Hall–Kier alpha value is -0.970. The molecule has 0 aliphatic carbocycles. The van der Waals surface area contributed by atoms with Crippen LogP contribution in [0.25, 0.3) is 0 Å². The van der Waals surface area contributed by atoms with Crippen LogP contribution in [0.4, 0.5) is 4.79 Å². The molecule has 0 saturated carbocycles. The Morgan fingerprint density at radius 3 is 2.48 bits per heavy atom. The summed E-state index contributed by atoms with van der Waals surface area (Å²) in [5, 5.41) is 7.36. The van der Waals surface area contributed by atoms with E-state index < -0.39 is 11.7 Å². The van der Waals surface area contributed by atoms with Crippen LogP contribution in [0.3, 0.4) is 0 Å². The molecule has 0 unspecified atom stereocenters. The minimum Gasteiger partial charge on any atom is -0.444 e. The van der Waals surface area contributed by atoms with Gasteiger partial charge in [-0.1, -0.05) is 29.3 Å². The van der Waals surface area contributed by atoms with E-state index >= 15 is 0 Å². The second kappa shape index (κ2) is 7.29. The SMILES string of the molecule is CC(C)(C)OC(=O)NCC1(c2ccc(Cl)c(Cl)c2)CCNCC1. The number of carbonyl (C=O) groups is 1. The Bertz CT molecular complexity index is 564. The van der Waals surface area contributed by atoms with Crippen LogP contribution < -0.4 is 10.6 Å². The predicted molar refractivity (Wildman–Crippen MR) is 94.5 cm³/mol. The molecule has 2 rings (SSSR count). The van der Waals surface area contributed by atoms with Crippen molar-refractivity contribution >= 4 is 29.3 Å². The number of hydrogen-bond acceptors (Lipinski definition) is 3. The van der Waals surface area contributed by atoms with Gasteiger partial charge in [0, 0.05) is 12.0 Å². The van der Waals surface area contributed by atoms with Crippen molar-refractivity contribution in [1.29, 1.82) is 0 Å². The van der Waals surface area contributed by atoms with Crippen molar-refractivity contribution in [3.8, 4) is 0 Å². The average Bonchev–Trinajstić information content (AvgIpc) is 2.47. The van der Waals surface area contributed by atoms with Gasteiger partial charge in [-0.15, -0.1) is 0 Å². The van der Waals surface area contributed by atoms with E-state index in [1.54, 1.807) is 0 Å². The van der Waals surface area contributed by atoms with Crippen molar-refractivity contribution in [3.63, 3.8) is 0 Å². The monoisotopic (exact) mass is 358 g/mol. The third-order valence-corrected chi connectivity index (χ3v) is 4.80. The summed E-state index contributed by atoms with van der Waals surface area (Å²) in [6.45, 7) is 7.87. The smallest absolute Gasteiger partial charge is 0.407 e. The van der Waals surface area contributed by atoms with Gasteiger partial charge < -0.3 is 15.4 Å². The molecule has 1 amide bonds. The number of alkyl carbamates (subject to hydrolysis) is 1. The first kappa shape index (κ1) is 18.4. The number of halogens is 2. The molecule has 1 heterocycles. The van der Waals surface area contributed by atoms with Crippen molar-refractivity contribution < 1.29 is 9.53 Å². The molecule has 0 aromatic heterocycles. The van der Waals surface area contributed by atoms with E-state index in [1.165, 1.54) is 0 Å². The van der Waals surface area contributed by atoms with Crippen molar-refractivity contribution in [2.75, 3.05) is 19.6 Å². The molecule has 4 nitrogen and oxygen atoms in total. The lowest BCUT2D eigenvalue weighted by molar-refractivity contribution is 0.0509.